The van der Waals surface area contributed by atoms with Gasteiger partial charge in [0.05, 0.1) is 22.8 Å². The molecule has 0 spiro atoms. The van der Waals surface area contributed by atoms with Crippen LogP contribution in [0.4, 0.5) is 10.5 Å². The lowest BCUT2D eigenvalue weighted by molar-refractivity contribution is 0.0240. The first-order chi connectivity index (χ1) is 16.6. The molecular formula is C25H29N7O3. The summed E-state index contributed by atoms with van der Waals surface area (Å²) in [5.41, 5.74) is 3.38. The summed E-state index contributed by atoms with van der Waals surface area (Å²) in [6.07, 6.45) is 3.05. The number of rotatable bonds is 2. The number of hydrogen-bond donors (Lipinski definition) is 0. The summed E-state index contributed by atoms with van der Waals surface area (Å²) in [6, 6.07) is 7.54. The predicted molar refractivity (Wildman–Crippen MR) is 133 cm³/mol. The summed E-state index contributed by atoms with van der Waals surface area (Å²) >= 11 is 0. The van der Waals surface area contributed by atoms with Crippen LogP contribution in [-0.4, -0.2) is 66.9 Å². The fourth-order valence-corrected chi connectivity index (χ4v) is 4.29. The van der Waals surface area contributed by atoms with Gasteiger partial charge in [-0.1, -0.05) is 0 Å². The molecule has 10 nitrogen and oxygen atoms in total. The number of fused-ring (bicyclic) bond motifs is 2. The number of nitrogens with zero attached hydrogens (tertiary/aromatic N) is 7. The smallest absolute Gasteiger partial charge is 0.410 e. The molecule has 10 heteroatoms. The molecule has 1 fully saturated rings. The van der Waals surface area contributed by atoms with Crippen molar-refractivity contribution in [3.8, 4) is 5.82 Å². The molecule has 1 aromatic carbocycles. The molecule has 3 aromatic heterocycles. The van der Waals surface area contributed by atoms with Crippen molar-refractivity contribution in [3.05, 3.63) is 58.4 Å². The van der Waals surface area contributed by atoms with E-state index in [-0.39, 0.29) is 11.7 Å². The van der Waals surface area contributed by atoms with Crippen LogP contribution in [0, 0.1) is 13.8 Å². The number of hydrogen-bond acceptors (Lipinski definition) is 7. The zero-order valence-corrected chi connectivity index (χ0v) is 20.6. The van der Waals surface area contributed by atoms with Gasteiger partial charge in [0, 0.05) is 31.9 Å². The molecular weight excluding hydrogens is 446 g/mol. The highest BCUT2D eigenvalue weighted by Gasteiger charge is 2.26. The maximum Gasteiger partial charge on any atom is 0.410 e. The third kappa shape index (κ3) is 4.43. The molecule has 182 valence electrons. The highest BCUT2D eigenvalue weighted by Crippen LogP contribution is 2.22. The normalized spacial score (nSPS) is 14.7. The molecule has 0 bridgehead atoms. The third-order valence-electron chi connectivity index (χ3n) is 6.00. The predicted octanol–water partition coefficient (Wildman–Crippen LogP) is 3.10. The largest absolute Gasteiger partial charge is 0.444 e. The number of carbonyl (C=O) groups excluding carboxylic acids is 1. The van der Waals surface area contributed by atoms with Crippen molar-refractivity contribution >= 4 is 28.3 Å². The lowest BCUT2D eigenvalue weighted by Gasteiger charge is -2.36. The second-order valence-electron chi connectivity index (χ2n) is 9.91. The zero-order valence-electron chi connectivity index (χ0n) is 20.6. The van der Waals surface area contributed by atoms with Gasteiger partial charge in [0.2, 0.25) is 0 Å². The lowest BCUT2D eigenvalue weighted by Crippen LogP contribution is -2.50. The highest BCUT2D eigenvalue weighted by atomic mass is 16.6. The lowest BCUT2D eigenvalue weighted by atomic mass is 10.2. The number of imidazole rings is 1. The number of carbonyl (C=O) groups is 1. The van der Waals surface area contributed by atoms with Crippen molar-refractivity contribution in [3.63, 3.8) is 0 Å². The summed E-state index contributed by atoms with van der Waals surface area (Å²) in [4.78, 5) is 38.7. The standard InChI is InChI=1S/C25H29N7O3/c1-16-12-21(28-32-14-17(2)27-22(16)32)31-15-26-20-7-6-18(13-19(20)23(31)33)29-8-10-30(11-9-29)24(34)35-25(3,4)5/h6-7,12-15H,8-11H2,1-5H3. The maximum absolute atomic E-state index is 13.5. The minimum absolute atomic E-state index is 0.188. The van der Waals surface area contributed by atoms with E-state index in [0.29, 0.717) is 42.9 Å². The Morgan fingerprint density at radius 2 is 1.80 bits per heavy atom. The number of anilines is 1. The van der Waals surface area contributed by atoms with E-state index in [0.717, 1.165) is 22.6 Å². The van der Waals surface area contributed by atoms with Gasteiger partial charge in [-0.25, -0.2) is 23.8 Å². The Hall–Kier alpha value is -3.95. The average Bonchev–Trinajstić information content (AvgIpc) is 3.19. The molecule has 4 heterocycles. The van der Waals surface area contributed by atoms with Gasteiger partial charge in [0.15, 0.2) is 11.5 Å². The first-order valence-electron chi connectivity index (χ1n) is 11.7. The van der Waals surface area contributed by atoms with Crippen LogP contribution < -0.4 is 10.5 Å². The molecule has 4 aromatic rings. The quantitative estimate of drug-likeness (QED) is 0.439. The zero-order chi connectivity index (χ0) is 24.9. The molecule has 0 aliphatic carbocycles. The van der Waals surface area contributed by atoms with E-state index >= 15 is 0 Å². The van der Waals surface area contributed by atoms with E-state index < -0.39 is 5.60 Å². The van der Waals surface area contributed by atoms with Crippen LogP contribution in [0.1, 0.15) is 32.0 Å². The van der Waals surface area contributed by atoms with Gasteiger partial charge in [-0.2, -0.15) is 0 Å². The van der Waals surface area contributed by atoms with Gasteiger partial charge in [0.25, 0.3) is 5.56 Å². The number of ether oxygens (including phenoxy) is 1. The Balaban J connectivity index is 1.43. The monoisotopic (exact) mass is 475 g/mol. The van der Waals surface area contributed by atoms with Gasteiger partial charge >= 0.3 is 6.09 Å². The van der Waals surface area contributed by atoms with E-state index in [2.05, 4.69) is 20.0 Å². The van der Waals surface area contributed by atoms with Gasteiger partial charge in [-0.15, -0.1) is 5.10 Å². The van der Waals surface area contributed by atoms with Gasteiger partial charge in [-0.05, 0) is 64.4 Å². The average molecular weight is 476 g/mol. The summed E-state index contributed by atoms with van der Waals surface area (Å²) in [5, 5.41) is 5.09. The second-order valence-corrected chi connectivity index (χ2v) is 9.91. The Morgan fingerprint density at radius 3 is 2.51 bits per heavy atom. The SMILES string of the molecule is Cc1cn2nc(-n3cnc4ccc(N5CCN(C(=O)OC(C)(C)C)CC5)cc4c3=O)cc(C)c2n1. The maximum atomic E-state index is 13.5. The summed E-state index contributed by atoms with van der Waals surface area (Å²) in [7, 11) is 0. The van der Waals surface area contributed by atoms with Crippen LogP contribution in [0.25, 0.3) is 22.4 Å². The molecule has 5 rings (SSSR count). The fraction of sp³-hybridized carbons (Fsp3) is 0.400. The second kappa shape index (κ2) is 8.37. The minimum Gasteiger partial charge on any atom is -0.444 e. The van der Waals surface area contributed by atoms with Crippen LogP contribution in [0.3, 0.4) is 0 Å². The minimum atomic E-state index is -0.520. The van der Waals surface area contributed by atoms with E-state index in [1.165, 1.54) is 10.9 Å². The fourth-order valence-electron chi connectivity index (χ4n) is 4.29. The van der Waals surface area contributed by atoms with Crippen LogP contribution in [0.2, 0.25) is 0 Å². The number of piperazine rings is 1. The molecule has 1 aliphatic heterocycles. The van der Waals surface area contributed by atoms with Crippen molar-refractivity contribution < 1.29 is 9.53 Å². The van der Waals surface area contributed by atoms with E-state index in [1.54, 1.807) is 9.42 Å². The van der Waals surface area contributed by atoms with Crippen LogP contribution in [0.5, 0.6) is 0 Å². The Morgan fingerprint density at radius 1 is 1.06 bits per heavy atom. The van der Waals surface area contributed by atoms with Crippen molar-refractivity contribution in [2.24, 2.45) is 0 Å². The van der Waals surface area contributed by atoms with E-state index in [4.69, 9.17) is 4.74 Å². The molecule has 0 radical (unpaired) electrons. The van der Waals surface area contributed by atoms with Crippen LogP contribution >= 0.6 is 0 Å². The van der Waals surface area contributed by atoms with Crippen LogP contribution in [0.15, 0.2) is 41.6 Å². The van der Waals surface area contributed by atoms with Crippen molar-refractivity contribution in [2.45, 2.75) is 40.2 Å². The molecule has 1 amide bonds. The van der Waals surface area contributed by atoms with Gasteiger partial charge in [-0.3, -0.25) is 4.79 Å². The van der Waals surface area contributed by atoms with E-state index in [9.17, 15) is 9.59 Å². The Labute approximate surface area is 202 Å². The summed E-state index contributed by atoms with van der Waals surface area (Å²) in [5.74, 6) is 0.489. The van der Waals surface area contributed by atoms with E-state index in [1.807, 2.05) is 65.1 Å². The Kier molecular flexibility index (Phi) is 5.46. The number of aromatic nitrogens is 5. The Bertz CT molecular complexity index is 1490. The van der Waals surface area contributed by atoms with Gasteiger partial charge in [0.1, 0.15) is 11.9 Å². The third-order valence-corrected chi connectivity index (χ3v) is 6.00. The first kappa shape index (κ1) is 22.8. The topological polar surface area (TPSA) is 97.9 Å². The summed E-state index contributed by atoms with van der Waals surface area (Å²) < 4.78 is 8.65. The number of benzene rings is 1. The number of aryl methyl sites for hydroxylation is 2. The number of amides is 1. The van der Waals surface area contributed by atoms with Crippen molar-refractivity contribution in [2.75, 3.05) is 31.1 Å². The van der Waals surface area contributed by atoms with Gasteiger partial charge < -0.3 is 14.5 Å². The summed E-state index contributed by atoms with van der Waals surface area (Å²) in [6.45, 7) is 11.9. The molecule has 0 saturated carbocycles. The highest BCUT2D eigenvalue weighted by molar-refractivity contribution is 5.82. The molecule has 0 atom stereocenters. The first-order valence-corrected chi connectivity index (χ1v) is 11.7. The molecule has 0 N–H and O–H groups in total. The van der Waals surface area contributed by atoms with Crippen molar-refractivity contribution in [1.82, 2.24) is 29.0 Å². The molecule has 35 heavy (non-hydrogen) atoms. The molecule has 1 aliphatic rings. The van der Waals surface area contributed by atoms with Crippen molar-refractivity contribution in [1.29, 1.82) is 0 Å². The molecule has 0 unspecified atom stereocenters. The van der Waals surface area contributed by atoms with Crippen LogP contribution in [-0.2, 0) is 4.74 Å². The molecule has 1 saturated heterocycles.